The first-order valence-corrected chi connectivity index (χ1v) is 7.27. The highest BCUT2D eigenvalue weighted by Crippen LogP contribution is 2.35. The molecular weight excluding hydrogens is 326 g/mol. The van der Waals surface area contributed by atoms with Gasteiger partial charge in [-0.1, -0.05) is 23.7 Å². The molecule has 0 fully saturated rings. The van der Waals surface area contributed by atoms with Gasteiger partial charge in [0.15, 0.2) is 0 Å². The van der Waals surface area contributed by atoms with Crippen molar-refractivity contribution in [1.82, 2.24) is 0 Å². The number of rotatable bonds is 6. The molecule has 0 amide bonds. The van der Waals surface area contributed by atoms with Crippen molar-refractivity contribution in [2.24, 2.45) is 0 Å². The lowest BCUT2D eigenvalue weighted by molar-refractivity contribution is -0.0497. The van der Waals surface area contributed by atoms with E-state index in [1.54, 1.807) is 26.4 Å². The predicted molar refractivity (Wildman–Crippen MR) is 85.2 cm³/mol. The molecule has 0 bridgehead atoms. The van der Waals surface area contributed by atoms with Gasteiger partial charge in [0.1, 0.15) is 17.2 Å². The maximum Gasteiger partial charge on any atom is 0.387 e. The minimum Gasteiger partial charge on any atom is -0.496 e. The molecule has 0 heterocycles. The van der Waals surface area contributed by atoms with Gasteiger partial charge in [-0.05, 0) is 36.2 Å². The highest BCUT2D eigenvalue weighted by molar-refractivity contribution is 6.32. The normalized spacial score (nSPS) is 10.7. The van der Waals surface area contributed by atoms with E-state index < -0.39 is 6.61 Å². The number of halogens is 3. The first-order chi connectivity index (χ1) is 11.0. The molecule has 0 atom stereocenters. The van der Waals surface area contributed by atoms with Gasteiger partial charge in [0, 0.05) is 12.0 Å². The highest BCUT2D eigenvalue weighted by atomic mass is 35.5. The maximum atomic E-state index is 12.3. The maximum absolute atomic E-state index is 12.3. The molecule has 0 unspecified atom stereocenters. The summed E-state index contributed by atoms with van der Waals surface area (Å²) in [6, 6.07) is 8.49. The van der Waals surface area contributed by atoms with Crippen molar-refractivity contribution in [3.05, 3.63) is 52.0 Å². The third-order valence-corrected chi connectivity index (χ3v) is 3.73. The van der Waals surface area contributed by atoms with Crippen LogP contribution >= 0.6 is 11.6 Å². The highest BCUT2D eigenvalue weighted by Gasteiger charge is 2.15. The van der Waals surface area contributed by atoms with E-state index >= 15 is 0 Å². The summed E-state index contributed by atoms with van der Waals surface area (Å²) in [4.78, 5) is 0. The van der Waals surface area contributed by atoms with Crippen molar-refractivity contribution < 1.29 is 23.0 Å². The summed E-state index contributed by atoms with van der Waals surface area (Å²) in [5.41, 5.74) is 2.68. The van der Waals surface area contributed by atoms with Gasteiger partial charge in [-0.25, -0.2) is 0 Å². The number of aryl methyl sites for hydroxylation is 1. The Morgan fingerprint density at radius 2 is 1.74 bits per heavy atom. The van der Waals surface area contributed by atoms with E-state index in [1.165, 1.54) is 6.07 Å². The zero-order chi connectivity index (χ0) is 17.0. The summed E-state index contributed by atoms with van der Waals surface area (Å²) in [5, 5.41) is 0.133. The zero-order valence-electron chi connectivity index (χ0n) is 13.0. The van der Waals surface area contributed by atoms with E-state index in [0.29, 0.717) is 12.2 Å². The van der Waals surface area contributed by atoms with Gasteiger partial charge in [-0.2, -0.15) is 8.78 Å². The SMILES string of the molecule is COc1ccc(C)c(OC)c1Cc1ccc(OC(F)F)c(Cl)c1. The number of hydrogen-bond acceptors (Lipinski definition) is 3. The Morgan fingerprint density at radius 1 is 1.04 bits per heavy atom. The second kappa shape index (κ2) is 7.51. The average molecular weight is 343 g/mol. The quantitative estimate of drug-likeness (QED) is 0.750. The topological polar surface area (TPSA) is 27.7 Å². The standard InChI is InChI=1S/C17H17ClF2O3/c1-10-4-6-14(21-2)12(16(10)22-3)8-11-5-7-15(13(18)9-11)23-17(19)20/h4-7,9,17H,8H2,1-3H3. The molecule has 6 heteroatoms. The fourth-order valence-electron chi connectivity index (χ4n) is 2.42. The third kappa shape index (κ3) is 4.05. The summed E-state index contributed by atoms with van der Waals surface area (Å²) in [5.74, 6) is 1.37. The van der Waals surface area contributed by atoms with Crippen LogP contribution in [-0.4, -0.2) is 20.8 Å². The lowest BCUT2D eigenvalue weighted by Gasteiger charge is -2.16. The van der Waals surface area contributed by atoms with E-state index in [1.807, 2.05) is 19.1 Å². The van der Waals surface area contributed by atoms with Crippen molar-refractivity contribution >= 4 is 11.6 Å². The second-order valence-corrected chi connectivity index (χ2v) is 5.32. The molecule has 0 aliphatic heterocycles. The molecule has 0 aromatic heterocycles. The largest absolute Gasteiger partial charge is 0.496 e. The van der Waals surface area contributed by atoms with Crippen molar-refractivity contribution in [1.29, 1.82) is 0 Å². The lowest BCUT2D eigenvalue weighted by atomic mass is 10.0. The van der Waals surface area contributed by atoms with Crippen LogP contribution in [0.2, 0.25) is 5.02 Å². The monoisotopic (exact) mass is 342 g/mol. The Balaban J connectivity index is 2.36. The van der Waals surface area contributed by atoms with Gasteiger partial charge in [-0.15, -0.1) is 0 Å². The molecule has 0 N–H and O–H groups in total. The first-order valence-electron chi connectivity index (χ1n) is 6.90. The van der Waals surface area contributed by atoms with Gasteiger partial charge in [0.05, 0.1) is 19.2 Å². The van der Waals surface area contributed by atoms with Gasteiger partial charge in [-0.3, -0.25) is 0 Å². The zero-order valence-corrected chi connectivity index (χ0v) is 13.8. The Kier molecular flexibility index (Phi) is 5.66. The van der Waals surface area contributed by atoms with Gasteiger partial charge < -0.3 is 14.2 Å². The Bertz CT molecular complexity index is 690. The van der Waals surface area contributed by atoms with E-state index in [9.17, 15) is 8.78 Å². The van der Waals surface area contributed by atoms with E-state index in [-0.39, 0.29) is 10.8 Å². The minimum atomic E-state index is -2.91. The summed E-state index contributed by atoms with van der Waals surface area (Å²) >= 11 is 6.00. The van der Waals surface area contributed by atoms with Crippen molar-refractivity contribution in [2.45, 2.75) is 20.0 Å². The van der Waals surface area contributed by atoms with Crippen molar-refractivity contribution in [3.8, 4) is 17.2 Å². The Labute approximate surface area is 138 Å². The summed E-state index contributed by atoms with van der Waals surface area (Å²) in [6.45, 7) is -0.968. The summed E-state index contributed by atoms with van der Waals surface area (Å²) in [6.07, 6.45) is 0.489. The van der Waals surface area contributed by atoms with Crippen LogP contribution in [-0.2, 0) is 6.42 Å². The van der Waals surface area contributed by atoms with E-state index in [0.717, 1.165) is 22.4 Å². The van der Waals surface area contributed by atoms with Crippen LogP contribution < -0.4 is 14.2 Å². The molecule has 23 heavy (non-hydrogen) atoms. The predicted octanol–water partition coefficient (Wildman–Crippen LogP) is 4.86. The van der Waals surface area contributed by atoms with Crippen LogP contribution in [0.25, 0.3) is 0 Å². The third-order valence-electron chi connectivity index (χ3n) is 3.43. The van der Waals surface area contributed by atoms with Crippen LogP contribution in [0.4, 0.5) is 8.78 Å². The molecule has 2 aromatic carbocycles. The van der Waals surface area contributed by atoms with Crippen LogP contribution in [0, 0.1) is 6.92 Å². The first kappa shape index (κ1) is 17.3. The summed E-state index contributed by atoms with van der Waals surface area (Å²) < 4.78 is 39.7. The van der Waals surface area contributed by atoms with Crippen LogP contribution in [0.15, 0.2) is 30.3 Å². The number of alkyl halides is 2. The molecule has 2 rings (SSSR count). The average Bonchev–Trinajstić information content (AvgIpc) is 2.50. The number of ether oxygens (including phenoxy) is 3. The van der Waals surface area contributed by atoms with E-state index in [4.69, 9.17) is 21.1 Å². The molecule has 0 saturated carbocycles. The van der Waals surface area contributed by atoms with Crippen LogP contribution in [0.3, 0.4) is 0 Å². The molecular formula is C17H17ClF2O3. The Hall–Kier alpha value is -2.01. The Morgan fingerprint density at radius 3 is 2.30 bits per heavy atom. The summed E-state index contributed by atoms with van der Waals surface area (Å²) in [7, 11) is 3.18. The smallest absolute Gasteiger partial charge is 0.387 e. The fourth-order valence-corrected chi connectivity index (χ4v) is 2.67. The molecule has 0 saturated heterocycles. The van der Waals surface area contributed by atoms with Crippen LogP contribution in [0.5, 0.6) is 17.2 Å². The number of benzene rings is 2. The van der Waals surface area contributed by atoms with E-state index in [2.05, 4.69) is 4.74 Å². The molecule has 124 valence electrons. The fraction of sp³-hybridized carbons (Fsp3) is 0.294. The minimum absolute atomic E-state index is 0.0476. The molecule has 2 aromatic rings. The van der Waals surface area contributed by atoms with Crippen molar-refractivity contribution in [3.63, 3.8) is 0 Å². The molecule has 0 aliphatic rings. The molecule has 0 spiro atoms. The van der Waals surface area contributed by atoms with Crippen molar-refractivity contribution in [2.75, 3.05) is 14.2 Å². The molecule has 3 nitrogen and oxygen atoms in total. The van der Waals surface area contributed by atoms with Crippen LogP contribution in [0.1, 0.15) is 16.7 Å². The van der Waals surface area contributed by atoms with Gasteiger partial charge in [0.2, 0.25) is 0 Å². The molecule has 0 aliphatic carbocycles. The van der Waals surface area contributed by atoms with Gasteiger partial charge in [0.25, 0.3) is 0 Å². The van der Waals surface area contributed by atoms with Gasteiger partial charge >= 0.3 is 6.61 Å². The number of methoxy groups -OCH3 is 2. The molecule has 0 radical (unpaired) electrons. The second-order valence-electron chi connectivity index (χ2n) is 4.92. The lowest BCUT2D eigenvalue weighted by Crippen LogP contribution is -2.03. The number of hydrogen-bond donors (Lipinski definition) is 0.